The highest BCUT2D eigenvalue weighted by molar-refractivity contribution is 9.10. The first-order chi connectivity index (χ1) is 15.0. The SMILES string of the molecule is COc1ccc(C=C(C#N)C(=O)Nc2ccc(Br)cc2F)cc1OCc1ccccc1. The zero-order valence-electron chi connectivity index (χ0n) is 16.6. The number of hydrogen-bond donors (Lipinski definition) is 1. The number of carbonyl (C=O) groups excluding carboxylic acids is 1. The molecule has 7 heteroatoms. The quantitative estimate of drug-likeness (QED) is 0.346. The minimum atomic E-state index is -0.716. The summed E-state index contributed by atoms with van der Waals surface area (Å²) in [6.07, 6.45) is 1.40. The molecule has 3 aromatic rings. The van der Waals surface area contributed by atoms with E-state index in [0.717, 1.165) is 5.56 Å². The van der Waals surface area contributed by atoms with Crippen LogP contribution in [0.1, 0.15) is 11.1 Å². The molecule has 0 spiro atoms. The molecule has 0 aliphatic heterocycles. The fourth-order valence-electron chi connectivity index (χ4n) is 2.73. The van der Waals surface area contributed by atoms with Crippen molar-refractivity contribution in [1.29, 1.82) is 5.26 Å². The Bertz CT molecular complexity index is 1160. The molecule has 0 atom stereocenters. The van der Waals surface area contributed by atoms with Crippen LogP contribution in [0.3, 0.4) is 0 Å². The molecule has 0 radical (unpaired) electrons. The number of ether oxygens (including phenoxy) is 2. The normalized spacial score (nSPS) is 10.8. The van der Waals surface area contributed by atoms with E-state index in [0.29, 0.717) is 28.1 Å². The summed E-state index contributed by atoms with van der Waals surface area (Å²) in [6, 6.07) is 20.8. The lowest BCUT2D eigenvalue weighted by atomic mass is 10.1. The largest absolute Gasteiger partial charge is 0.493 e. The Balaban J connectivity index is 1.81. The van der Waals surface area contributed by atoms with E-state index in [9.17, 15) is 14.4 Å². The molecule has 0 saturated carbocycles. The van der Waals surface area contributed by atoms with Gasteiger partial charge in [-0.1, -0.05) is 52.3 Å². The molecule has 5 nitrogen and oxygen atoms in total. The van der Waals surface area contributed by atoms with E-state index in [1.807, 2.05) is 36.4 Å². The summed E-state index contributed by atoms with van der Waals surface area (Å²) in [7, 11) is 1.53. The fraction of sp³-hybridized carbons (Fsp3) is 0.0833. The Hall–Kier alpha value is -3.63. The first-order valence-corrected chi connectivity index (χ1v) is 10.0. The van der Waals surface area contributed by atoms with Gasteiger partial charge in [0.1, 0.15) is 24.1 Å². The van der Waals surface area contributed by atoms with Gasteiger partial charge in [0.2, 0.25) is 0 Å². The smallest absolute Gasteiger partial charge is 0.266 e. The van der Waals surface area contributed by atoms with Crippen molar-refractivity contribution in [3.63, 3.8) is 0 Å². The third-order valence-corrected chi connectivity index (χ3v) is 4.77. The van der Waals surface area contributed by atoms with E-state index in [-0.39, 0.29) is 11.3 Å². The van der Waals surface area contributed by atoms with Crippen molar-refractivity contribution >= 4 is 33.6 Å². The van der Waals surface area contributed by atoms with Gasteiger partial charge in [-0.3, -0.25) is 4.79 Å². The Morgan fingerprint density at radius 2 is 1.90 bits per heavy atom. The molecule has 0 fully saturated rings. The zero-order chi connectivity index (χ0) is 22.2. The predicted octanol–water partition coefficient (Wildman–Crippen LogP) is 5.72. The second-order valence-electron chi connectivity index (χ2n) is 6.43. The van der Waals surface area contributed by atoms with Gasteiger partial charge >= 0.3 is 0 Å². The second kappa shape index (κ2) is 10.4. The Morgan fingerprint density at radius 3 is 2.58 bits per heavy atom. The number of methoxy groups -OCH3 is 1. The van der Waals surface area contributed by atoms with Crippen molar-refractivity contribution in [2.45, 2.75) is 6.61 Å². The molecule has 3 aromatic carbocycles. The van der Waals surface area contributed by atoms with Gasteiger partial charge in [0.15, 0.2) is 11.5 Å². The average molecular weight is 481 g/mol. The highest BCUT2D eigenvalue weighted by Crippen LogP contribution is 2.30. The lowest BCUT2D eigenvalue weighted by molar-refractivity contribution is -0.112. The number of rotatable bonds is 7. The van der Waals surface area contributed by atoms with Crippen molar-refractivity contribution < 1.29 is 18.7 Å². The summed E-state index contributed by atoms with van der Waals surface area (Å²) in [4.78, 5) is 12.5. The number of nitriles is 1. The van der Waals surface area contributed by atoms with Crippen molar-refractivity contribution in [1.82, 2.24) is 0 Å². The van der Waals surface area contributed by atoms with E-state index in [1.54, 1.807) is 24.3 Å². The van der Waals surface area contributed by atoms with Gasteiger partial charge in [0.25, 0.3) is 5.91 Å². The highest BCUT2D eigenvalue weighted by atomic mass is 79.9. The highest BCUT2D eigenvalue weighted by Gasteiger charge is 2.13. The number of benzene rings is 3. The molecule has 0 aliphatic carbocycles. The van der Waals surface area contributed by atoms with Crippen molar-refractivity contribution in [3.8, 4) is 17.6 Å². The summed E-state index contributed by atoms with van der Waals surface area (Å²) in [5.41, 5.74) is 1.35. The molecule has 0 aliphatic rings. The minimum absolute atomic E-state index is 0.0176. The van der Waals surface area contributed by atoms with Crippen LogP contribution in [0.4, 0.5) is 10.1 Å². The molecular formula is C24H18BrFN2O3. The van der Waals surface area contributed by atoms with Gasteiger partial charge in [0.05, 0.1) is 12.8 Å². The molecule has 1 amide bonds. The van der Waals surface area contributed by atoms with Crippen LogP contribution in [0.15, 0.2) is 76.8 Å². The van der Waals surface area contributed by atoms with Crippen LogP contribution in [0.2, 0.25) is 0 Å². The van der Waals surface area contributed by atoms with E-state index in [4.69, 9.17) is 9.47 Å². The summed E-state index contributed by atoms with van der Waals surface area (Å²) in [6.45, 7) is 0.332. The first-order valence-electron chi connectivity index (χ1n) is 9.23. The van der Waals surface area contributed by atoms with Gasteiger partial charge in [-0.2, -0.15) is 5.26 Å². The monoisotopic (exact) mass is 480 g/mol. The third kappa shape index (κ3) is 5.93. The molecule has 0 saturated heterocycles. The van der Waals surface area contributed by atoms with Crippen molar-refractivity contribution in [2.75, 3.05) is 12.4 Å². The topological polar surface area (TPSA) is 71.3 Å². The van der Waals surface area contributed by atoms with Gasteiger partial charge in [-0.15, -0.1) is 0 Å². The molecule has 156 valence electrons. The fourth-order valence-corrected chi connectivity index (χ4v) is 3.06. The molecule has 31 heavy (non-hydrogen) atoms. The van der Waals surface area contributed by atoms with E-state index < -0.39 is 11.7 Å². The molecule has 3 rings (SSSR count). The minimum Gasteiger partial charge on any atom is -0.493 e. The number of anilines is 1. The van der Waals surface area contributed by atoms with Crippen LogP contribution in [0.5, 0.6) is 11.5 Å². The maximum absolute atomic E-state index is 14.0. The number of hydrogen-bond acceptors (Lipinski definition) is 4. The van der Waals surface area contributed by atoms with E-state index in [2.05, 4.69) is 21.2 Å². The Labute approximate surface area is 187 Å². The summed E-state index contributed by atoms with van der Waals surface area (Å²) < 4.78 is 25.7. The van der Waals surface area contributed by atoms with E-state index in [1.165, 1.54) is 25.3 Å². The van der Waals surface area contributed by atoms with Crippen molar-refractivity contribution in [3.05, 3.63) is 93.7 Å². The first kappa shape index (κ1) is 22.1. The maximum Gasteiger partial charge on any atom is 0.266 e. The summed E-state index contributed by atoms with van der Waals surface area (Å²) in [5.74, 6) is -0.336. The van der Waals surface area contributed by atoms with Crippen LogP contribution in [-0.4, -0.2) is 13.0 Å². The van der Waals surface area contributed by atoms with Crippen LogP contribution < -0.4 is 14.8 Å². The van der Waals surface area contributed by atoms with Crippen LogP contribution in [0.25, 0.3) is 6.08 Å². The molecule has 0 bridgehead atoms. The number of halogens is 2. The van der Waals surface area contributed by atoms with Crippen LogP contribution in [0, 0.1) is 17.1 Å². The summed E-state index contributed by atoms with van der Waals surface area (Å²) in [5, 5.41) is 11.8. The Kier molecular flexibility index (Phi) is 7.41. The average Bonchev–Trinajstić information content (AvgIpc) is 2.78. The molecule has 0 unspecified atom stereocenters. The van der Waals surface area contributed by atoms with E-state index >= 15 is 0 Å². The van der Waals surface area contributed by atoms with Gasteiger partial charge in [-0.05, 0) is 47.5 Å². The molecule has 0 heterocycles. The lowest BCUT2D eigenvalue weighted by Crippen LogP contribution is -2.14. The van der Waals surface area contributed by atoms with Crippen LogP contribution >= 0.6 is 15.9 Å². The summed E-state index contributed by atoms with van der Waals surface area (Å²) >= 11 is 3.16. The molecule has 1 N–H and O–H groups in total. The van der Waals surface area contributed by atoms with Crippen molar-refractivity contribution in [2.24, 2.45) is 0 Å². The lowest BCUT2D eigenvalue weighted by Gasteiger charge is -2.12. The van der Waals surface area contributed by atoms with Crippen LogP contribution in [-0.2, 0) is 11.4 Å². The number of nitrogens with one attached hydrogen (secondary N) is 1. The molecular weight excluding hydrogens is 463 g/mol. The van der Waals surface area contributed by atoms with Gasteiger partial charge in [-0.25, -0.2) is 4.39 Å². The zero-order valence-corrected chi connectivity index (χ0v) is 18.1. The Morgan fingerprint density at radius 1 is 1.13 bits per heavy atom. The third-order valence-electron chi connectivity index (χ3n) is 4.28. The van der Waals surface area contributed by atoms with Gasteiger partial charge < -0.3 is 14.8 Å². The predicted molar refractivity (Wildman–Crippen MR) is 120 cm³/mol. The number of nitrogens with zero attached hydrogens (tertiary/aromatic N) is 1. The maximum atomic E-state index is 14.0. The number of amides is 1. The van der Waals surface area contributed by atoms with Gasteiger partial charge in [0, 0.05) is 4.47 Å². The standard InChI is InChI=1S/C24H18BrFN2O3/c1-30-22-10-7-17(12-23(22)31-15-16-5-3-2-4-6-16)11-18(14-27)24(29)28-21-9-8-19(25)13-20(21)26/h2-13H,15H2,1H3,(H,28,29). The second-order valence-corrected chi connectivity index (χ2v) is 7.35. The molecule has 0 aromatic heterocycles. The number of carbonyl (C=O) groups is 1.